The number of aliphatic hydroxyl groups excluding tert-OH is 1. The summed E-state index contributed by atoms with van der Waals surface area (Å²) in [4.78, 5) is 30.7. The number of hydrogen-bond acceptors (Lipinski definition) is 7. The predicted molar refractivity (Wildman–Crippen MR) is 134 cm³/mol. The van der Waals surface area contributed by atoms with Crippen LogP contribution in [-0.4, -0.2) is 72.6 Å². The highest BCUT2D eigenvalue weighted by Crippen LogP contribution is 2.40. The molecule has 2 aliphatic rings. The summed E-state index contributed by atoms with van der Waals surface area (Å²) in [6.07, 6.45) is 1.65. The maximum Gasteiger partial charge on any atom is 0.290 e. The van der Waals surface area contributed by atoms with E-state index < -0.39 is 23.5 Å². The van der Waals surface area contributed by atoms with E-state index in [9.17, 15) is 14.7 Å². The third-order valence-electron chi connectivity index (χ3n) is 6.52. The van der Waals surface area contributed by atoms with Crippen LogP contribution >= 0.6 is 0 Å². The molecule has 1 N–H and O–H groups in total. The lowest BCUT2D eigenvalue weighted by molar-refractivity contribution is -0.129. The van der Waals surface area contributed by atoms with E-state index in [2.05, 4.69) is 11.5 Å². The molecule has 1 amide bonds. The fourth-order valence-corrected chi connectivity index (χ4v) is 4.66. The Morgan fingerprint density at radius 2 is 1.86 bits per heavy atom. The van der Waals surface area contributed by atoms with Crippen molar-refractivity contribution in [1.82, 2.24) is 9.80 Å². The number of Topliss-reactive ketones (excluding diaryl/α,β-unsaturated/α-hetero) is 1. The van der Waals surface area contributed by atoms with Gasteiger partial charge >= 0.3 is 0 Å². The van der Waals surface area contributed by atoms with Gasteiger partial charge in [0.15, 0.2) is 11.5 Å². The normalized spacial score (nSPS) is 18.7. The van der Waals surface area contributed by atoms with Gasteiger partial charge in [-0.1, -0.05) is 43.0 Å². The zero-order valence-electron chi connectivity index (χ0n) is 19.9. The number of aliphatic hydroxyl groups is 1. The third-order valence-corrected chi connectivity index (χ3v) is 6.52. The molecule has 1 aromatic heterocycles. The molecule has 2 aliphatic heterocycles. The molecule has 5 rings (SSSR count). The van der Waals surface area contributed by atoms with Gasteiger partial charge in [0.05, 0.1) is 24.8 Å². The van der Waals surface area contributed by atoms with Crippen molar-refractivity contribution in [2.45, 2.75) is 6.04 Å². The summed E-state index contributed by atoms with van der Waals surface area (Å²) in [5, 5.41) is 11.7. The van der Waals surface area contributed by atoms with Crippen LogP contribution in [0.5, 0.6) is 5.75 Å². The average Bonchev–Trinajstić information content (AvgIpc) is 3.46. The van der Waals surface area contributed by atoms with Gasteiger partial charge in [-0.2, -0.15) is 0 Å². The second kappa shape index (κ2) is 10.4. The first-order valence-electron chi connectivity index (χ1n) is 12.0. The topological polar surface area (TPSA) is 92.5 Å². The quantitative estimate of drug-likeness (QED) is 0.361. The number of morpholine rings is 1. The summed E-state index contributed by atoms with van der Waals surface area (Å²) in [6, 6.07) is 15.4. The number of amides is 1. The predicted octanol–water partition coefficient (Wildman–Crippen LogP) is 3.91. The lowest BCUT2D eigenvalue weighted by atomic mass is 9.95. The minimum absolute atomic E-state index is 0.0146. The van der Waals surface area contributed by atoms with Crippen LogP contribution < -0.4 is 4.74 Å². The number of carbonyl (C=O) groups is 2. The van der Waals surface area contributed by atoms with Crippen LogP contribution in [-0.2, 0) is 9.53 Å². The van der Waals surface area contributed by atoms with Crippen molar-refractivity contribution in [2.24, 2.45) is 0 Å². The molecule has 0 bridgehead atoms. The molecule has 2 aromatic carbocycles. The van der Waals surface area contributed by atoms with E-state index in [0.29, 0.717) is 49.8 Å². The number of nitrogens with zero attached hydrogens (tertiary/aromatic N) is 2. The van der Waals surface area contributed by atoms with Crippen LogP contribution in [0.15, 0.2) is 83.0 Å². The number of ketones is 1. The van der Waals surface area contributed by atoms with Crippen molar-refractivity contribution < 1.29 is 28.6 Å². The van der Waals surface area contributed by atoms with E-state index in [1.807, 2.05) is 30.3 Å². The number of hydrogen-bond donors (Lipinski definition) is 1. The first kappa shape index (κ1) is 23.8. The summed E-state index contributed by atoms with van der Waals surface area (Å²) in [5.41, 5.74) is 1.27. The standard InChI is InChI=1S/C28H28N2O6/c1-2-15-35-21-9-7-19(8-10-21)25-24(26(31)23-18-20-5-3-4-6-22(20)36-23)27(32)28(33)30(25)12-11-29-13-16-34-17-14-29/h2-10,18,25,32H,1,11-17H2. The van der Waals surface area contributed by atoms with Crippen LogP contribution in [0.2, 0.25) is 0 Å². The van der Waals surface area contributed by atoms with Gasteiger partial charge in [0.1, 0.15) is 17.9 Å². The Bertz CT molecular complexity index is 1270. The Kier molecular flexibility index (Phi) is 6.88. The number of fused-ring (bicyclic) bond motifs is 1. The Labute approximate surface area is 209 Å². The van der Waals surface area contributed by atoms with Crippen LogP contribution in [0.25, 0.3) is 11.0 Å². The highest BCUT2D eigenvalue weighted by atomic mass is 16.5. The third kappa shape index (κ3) is 4.65. The van der Waals surface area contributed by atoms with E-state index in [1.54, 1.807) is 35.2 Å². The van der Waals surface area contributed by atoms with Crippen molar-refractivity contribution in [3.05, 3.63) is 89.9 Å². The van der Waals surface area contributed by atoms with Gasteiger partial charge in [-0.3, -0.25) is 14.5 Å². The SMILES string of the molecule is C=CCOc1ccc(C2C(C(=O)c3cc4ccccc4o3)=C(O)C(=O)N2CCN2CCOCC2)cc1. The van der Waals surface area contributed by atoms with Crippen molar-refractivity contribution >= 4 is 22.7 Å². The molecule has 186 valence electrons. The monoisotopic (exact) mass is 488 g/mol. The van der Waals surface area contributed by atoms with Crippen molar-refractivity contribution in [3.8, 4) is 5.75 Å². The van der Waals surface area contributed by atoms with Gasteiger partial charge in [0.2, 0.25) is 5.78 Å². The number of para-hydroxylation sites is 1. The fourth-order valence-electron chi connectivity index (χ4n) is 4.66. The van der Waals surface area contributed by atoms with Gasteiger partial charge in [0, 0.05) is 31.6 Å². The molecule has 36 heavy (non-hydrogen) atoms. The zero-order chi connectivity index (χ0) is 25.1. The van der Waals surface area contributed by atoms with Crippen LogP contribution in [0.1, 0.15) is 22.2 Å². The molecule has 1 saturated heterocycles. The molecule has 1 fully saturated rings. The highest BCUT2D eigenvalue weighted by Gasteiger charge is 2.44. The van der Waals surface area contributed by atoms with E-state index in [0.717, 1.165) is 18.5 Å². The molecule has 1 atom stereocenters. The summed E-state index contributed by atoms with van der Waals surface area (Å²) in [6.45, 7) is 7.79. The Balaban J connectivity index is 1.48. The van der Waals surface area contributed by atoms with E-state index in [4.69, 9.17) is 13.9 Å². The van der Waals surface area contributed by atoms with Crippen LogP contribution in [0.4, 0.5) is 0 Å². The molecule has 0 saturated carbocycles. The zero-order valence-corrected chi connectivity index (χ0v) is 19.9. The van der Waals surface area contributed by atoms with Gasteiger partial charge in [-0.25, -0.2) is 0 Å². The summed E-state index contributed by atoms with van der Waals surface area (Å²) >= 11 is 0. The van der Waals surface area contributed by atoms with Crippen LogP contribution in [0.3, 0.4) is 0 Å². The van der Waals surface area contributed by atoms with Crippen molar-refractivity contribution in [1.29, 1.82) is 0 Å². The van der Waals surface area contributed by atoms with Crippen molar-refractivity contribution in [2.75, 3.05) is 46.0 Å². The summed E-state index contributed by atoms with van der Waals surface area (Å²) in [5.74, 6) is -0.903. The first-order valence-corrected chi connectivity index (χ1v) is 12.0. The van der Waals surface area contributed by atoms with Gasteiger partial charge < -0.3 is 23.9 Å². The lowest BCUT2D eigenvalue weighted by Crippen LogP contribution is -2.43. The van der Waals surface area contributed by atoms with Gasteiger partial charge in [0.25, 0.3) is 5.91 Å². The Morgan fingerprint density at radius 3 is 2.58 bits per heavy atom. The largest absolute Gasteiger partial charge is 0.503 e. The molecule has 1 unspecified atom stereocenters. The molecule has 0 radical (unpaired) electrons. The average molecular weight is 489 g/mol. The maximum absolute atomic E-state index is 13.7. The minimum atomic E-state index is -0.757. The summed E-state index contributed by atoms with van der Waals surface area (Å²) < 4.78 is 16.8. The number of benzene rings is 2. The molecular formula is C28H28N2O6. The fraction of sp³-hybridized carbons (Fsp3) is 0.286. The van der Waals surface area contributed by atoms with Crippen LogP contribution in [0, 0.1) is 0 Å². The highest BCUT2D eigenvalue weighted by molar-refractivity contribution is 6.16. The second-order valence-electron chi connectivity index (χ2n) is 8.76. The molecule has 3 aromatic rings. The first-order chi connectivity index (χ1) is 17.6. The Morgan fingerprint density at radius 1 is 1.11 bits per heavy atom. The number of ether oxygens (including phenoxy) is 2. The Hall–Kier alpha value is -3.88. The number of furan rings is 1. The number of carbonyl (C=O) groups excluding carboxylic acids is 2. The molecule has 8 heteroatoms. The molecular weight excluding hydrogens is 460 g/mol. The molecule has 8 nitrogen and oxygen atoms in total. The van der Waals surface area contributed by atoms with Crippen molar-refractivity contribution in [3.63, 3.8) is 0 Å². The smallest absolute Gasteiger partial charge is 0.290 e. The molecule has 0 aliphatic carbocycles. The molecule has 3 heterocycles. The minimum Gasteiger partial charge on any atom is -0.503 e. The second-order valence-corrected chi connectivity index (χ2v) is 8.76. The van der Waals surface area contributed by atoms with E-state index in [-0.39, 0.29) is 11.3 Å². The molecule has 0 spiro atoms. The van der Waals surface area contributed by atoms with E-state index >= 15 is 0 Å². The maximum atomic E-state index is 13.7. The van der Waals surface area contributed by atoms with E-state index in [1.165, 1.54) is 0 Å². The van der Waals surface area contributed by atoms with Gasteiger partial charge in [-0.05, 0) is 29.8 Å². The number of rotatable bonds is 9. The lowest BCUT2D eigenvalue weighted by Gasteiger charge is -2.31. The summed E-state index contributed by atoms with van der Waals surface area (Å²) in [7, 11) is 0. The van der Waals surface area contributed by atoms with Gasteiger partial charge in [-0.15, -0.1) is 0 Å².